The number of aromatic hydroxyl groups is 1. The van der Waals surface area contributed by atoms with E-state index in [0.717, 1.165) is 0 Å². The standard InChI is InChI=1S/C17H11FN4O3/c18-12-6-1-2-7-13(12)20-17-19-9-14(24-17)10-4-3-5-11(8-10)15-16(23)22-25-21-15/h1-9H,(H,19,20)(H,22,23). The first kappa shape index (κ1) is 14.9. The van der Waals surface area contributed by atoms with Gasteiger partial charge in [-0.05, 0) is 28.5 Å². The minimum atomic E-state index is -0.404. The van der Waals surface area contributed by atoms with E-state index in [1.165, 1.54) is 12.3 Å². The quantitative estimate of drug-likeness (QED) is 0.581. The van der Waals surface area contributed by atoms with E-state index in [9.17, 15) is 9.50 Å². The third kappa shape index (κ3) is 2.92. The molecule has 4 rings (SSSR count). The molecule has 0 atom stereocenters. The predicted octanol–water partition coefficient (Wildman–Crippen LogP) is 3.98. The van der Waals surface area contributed by atoms with Gasteiger partial charge in [0.15, 0.2) is 11.5 Å². The summed E-state index contributed by atoms with van der Waals surface area (Å²) in [6, 6.07) is 13.5. The summed E-state index contributed by atoms with van der Waals surface area (Å²) in [6.45, 7) is 0. The van der Waals surface area contributed by atoms with Gasteiger partial charge in [-0.2, -0.15) is 0 Å². The van der Waals surface area contributed by atoms with Crippen LogP contribution in [0, 0.1) is 5.82 Å². The SMILES string of the molecule is Oc1nonc1-c1cccc(-c2cnc(Nc3ccccc3F)o2)c1. The first-order valence-electron chi connectivity index (χ1n) is 7.30. The molecule has 2 aromatic heterocycles. The highest BCUT2D eigenvalue weighted by atomic mass is 19.1. The Hall–Kier alpha value is -3.68. The van der Waals surface area contributed by atoms with Gasteiger partial charge in [-0.3, -0.25) is 0 Å². The molecule has 7 nitrogen and oxygen atoms in total. The van der Waals surface area contributed by atoms with E-state index >= 15 is 0 Å². The molecule has 2 N–H and O–H groups in total. The number of hydrogen-bond acceptors (Lipinski definition) is 7. The molecule has 0 aliphatic carbocycles. The lowest BCUT2D eigenvalue weighted by Crippen LogP contribution is -1.92. The molecule has 0 unspecified atom stereocenters. The van der Waals surface area contributed by atoms with Gasteiger partial charge in [-0.25, -0.2) is 14.0 Å². The second kappa shape index (κ2) is 6.08. The molecule has 0 aliphatic rings. The molecule has 0 radical (unpaired) electrons. The summed E-state index contributed by atoms with van der Waals surface area (Å²) in [4.78, 5) is 4.10. The van der Waals surface area contributed by atoms with Crippen LogP contribution in [0.1, 0.15) is 0 Å². The highest BCUT2D eigenvalue weighted by Gasteiger charge is 2.14. The number of rotatable bonds is 4. The van der Waals surface area contributed by atoms with Crippen LogP contribution in [-0.4, -0.2) is 20.4 Å². The van der Waals surface area contributed by atoms with Crippen molar-refractivity contribution in [2.45, 2.75) is 0 Å². The van der Waals surface area contributed by atoms with Crippen LogP contribution in [0.2, 0.25) is 0 Å². The fourth-order valence-corrected chi connectivity index (χ4v) is 2.33. The molecule has 0 saturated heterocycles. The van der Waals surface area contributed by atoms with Crippen LogP contribution < -0.4 is 5.32 Å². The van der Waals surface area contributed by atoms with E-state index < -0.39 is 5.82 Å². The largest absolute Gasteiger partial charge is 0.489 e. The number of nitrogens with one attached hydrogen (secondary N) is 1. The molecular weight excluding hydrogens is 327 g/mol. The molecule has 25 heavy (non-hydrogen) atoms. The molecule has 2 aromatic carbocycles. The van der Waals surface area contributed by atoms with E-state index in [0.29, 0.717) is 16.9 Å². The Balaban J connectivity index is 1.62. The summed E-state index contributed by atoms with van der Waals surface area (Å²) >= 11 is 0. The lowest BCUT2D eigenvalue weighted by molar-refractivity contribution is 0.287. The van der Waals surface area contributed by atoms with Crippen LogP contribution in [0.15, 0.2) is 63.8 Å². The minimum absolute atomic E-state index is 0.163. The normalized spacial score (nSPS) is 10.8. The van der Waals surface area contributed by atoms with Gasteiger partial charge in [0, 0.05) is 11.1 Å². The van der Waals surface area contributed by atoms with Crippen molar-refractivity contribution in [1.82, 2.24) is 15.3 Å². The zero-order valence-corrected chi connectivity index (χ0v) is 12.7. The van der Waals surface area contributed by atoms with E-state index in [2.05, 4.69) is 25.2 Å². The predicted molar refractivity (Wildman–Crippen MR) is 86.6 cm³/mol. The zero-order valence-electron chi connectivity index (χ0n) is 12.7. The Morgan fingerprint density at radius 3 is 2.64 bits per heavy atom. The molecule has 0 aliphatic heterocycles. The third-order valence-corrected chi connectivity index (χ3v) is 3.51. The van der Waals surface area contributed by atoms with Crippen molar-refractivity contribution in [2.24, 2.45) is 0 Å². The Morgan fingerprint density at radius 1 is 1.00 bits per heavy atom. The molecule has 0 fully saturated rings. The third-order valence-electron chi connectivity index (χ3n) is 3.51. The number of nitrogens with zero attached hydrogens (tertiary/aromatic N) is 3. The summed E-state index contributed by atoms with van der Waals surface area (Å²) in [5.41, 5.74) is 1.81. The van der Waals surface area contributed by atoms with Gasteiger partial charge in [0.1, 0.15) is 5.82 Å². The fraction of sp³-hybridized carbons (Fsp3) is 0. The summed E-state index contributed by atoms with van der Waals surface area (Å²) in [7, 11) is 0. The monoisotopic (exact) mass is 338 g/mol. The van der Waals surface area contributed by atoms with E-state index in [1.807, 2.05) is 0 Å². The lowest BCUT2D eigenvalue weighted by atomic mass is 10.1. The van der Waals surface area contributed by atoms with E-state index in [1.54, 1.807) is 42.5 Å². The smallest absolute Gasteiger partial charge is 0.299 e. The van der Waals surface area contributed by atoms with Crippen LogP contribution in [0.4, 0.5) is 16.1 Å². The number of aromatic nitrogens is 3. The number of para-hydroxylation sites is 1. The molecule has 0 bridgehead atoms. The molecular formula is C17H11FN4O3. The van der Waals surface area contributed by atoms with Crippen molar-refractivity contribution in [2.75, 3.05) is 5.32 Å². The molecule has 4 aromatic rings. The van der Waals surface area contributed by atoms with Gasteiger partial charge in [0.2, 0.25) is 0 Å². The Morgan fingerprint density at radius 2 is 1.84 bits per heavy atom. The Bertz CT molecular complexity index is 1030. The molecule has 0 saturated carbocycles. The first-order chi connectivity index (χ1) is 12.2. The van der Waals surface area contributed by atoms with Crippen LogP contribution in [0.3, 0.4) is 0 Å². The van der Waals surface area contributed by atoms with Crippen molar-refractivity contribution in [3.8, 4) is 28.5 Å². The van der Waals surface area contributed by atoms with Crippen molar-refractivity contribution >= 4 is 11.7 Å². The lowest BCUT2D eigenvalue weighted by Gasteiger charge is -2.03. The maximum Gasteiger partial charge on any atom is 0.299 e. The van der Waals surface area contributed by atoms with Crippen LogP contribution in [0.25, 0.3) is 22.6 Å². The maximum absolute atomic E-state index is 13.7. The number of oxazole rings is 1. The number of anilines is 2. The molecule has 124 valence electrons. The van der Waals surface area contributed by atoms with Gasteiger partial charge >= 0.3 is 0 Å². The molecule has 2 heterocycles. The van der Waals surface area contributed by atoms with Crippen molar-refractivity contribution < 1.29 is 18.5 Å². The minimum Gasteiger partial charge on any atom is -0.489 e. The van der Waals surface area contributed by atoms with Crippen molar-refractivity contribution in [1.29, 1.82) is 0 Å². The first-order valence-corrected chi connectivity index (χ1v) is 7.30. The summed E-state index contributed by atoms with van der Waals surface area (Å²) in [5.74, 6) is -0.230. The highest BCUT2D eigenvalue weighted by molar-refractivity contribution is 5.70. The van der Waals surface area contributed by atoms with Gasteiger partial charge in [0.05, 0.1) is 11.9 Å². The topological polar surface area (TPSA) is 97.2 Å². The Labute approximate surface area is 140 Å². The maximum atomic E-state index is 13.7. The van der Waals surface area contributed by atoms with E-state index in [-0.39, 0.29) is 23.3 Å². The number of halogens is 1. The molecule has 0 amide bonds. The highest BCUT2D eigenvalue weighted by Crippen LogP contribution is 2.30. The van der Waals surface area contributed by atoms with Crippen LogP contribution >= 0.6 is 0 Å². The second-order valence-corrected chi connectivity index (χ2v) is 5.15. The summed E-state index contributed by atoms with van der Waals surface area (Å²) < 4.78 is 23.8. The molecule has 0 spiro atoms. The average Bonchev–Trinajstić information content (AvgIpc) is 3.26. The summed E-state index contributed by atoms with van der Waals surface area (Å²) in [6.07, 6.45) is 1.52. The van der Waals surface area contributed by atoms with Gasteiger partial charge in [-0.1, -0.05) is 30.3 Å². The van der Waals surface area contributed by atoms with Crippen molar-refractivity contribution in [3.05, 3.63) is 60.5 Å². The summed E-state index contributed by atoms with van der Waals surface area (Å²) in [5, 5.41) is 19.4. The van der Waals surface area contributed by atoms with Crippen LogP contribution in [0.5, 0.6) is 5.88 Å². The fourth-order valence-electron chi connectivity index (χ4n) is 2.33. The van der Waals surface area contributed by atoms with Crippen molar-refractivity contribution in [3.63, 3.8) is 0 Å². The van der Waals surface area contributed by atoms with Gasteiger partial charge in [-0.15, -0.1) is 0 Å². The average molecular weight is 338 g/mol. The zero-order chi connectivity index (χ0) is 17.2. The number of benzene rings is 2. The Kier molecular flexibility index (Phi) is 3.62. The van der Waals surface area contributed by atoms with Gasteiger partial charge < -0.3 is 14.8 Å². The molecule has 8 heteroatoms. The van der Waals surface area contributed by atoms with E-state index in [4.69, 9.17) is 4.42 Å². The second-order valence-electron chi connectivity index (χ2n) is 5.15. The van der Waals surface area contributed by atoms with Crippen LogP contribution in [-0.2, 0) is 0 Å². The van der Waals surface area contributed by atoms with Gasteiger partial charge in [0.25, 0.3) is 11.9 Å². The number of hydrogen-bond donors (Lipinski definition) is 2.